The van der Waals surface area contributed by atoms with Gasteiger partial charge in [0.1, 0.15) is 0 Å². The van der Waals surface area contributed by atoms with E-state index in [2.05, 4.69) is 26.1 Å². The summed E-state index contributed by atoms with van der Waals surface area (Å²) in [6.45, 7) is 9.82. The van der Waals surface area contributed by atoms with Gasteiger partial charge in [0.15, 0.2) is 0 Å². The van der Waals surface area contributed by atoms with E-state index < -0.39 is 0 Å². The summed E-state index contributed by atoms with van der Waals surface area (Å²) in [4.78, 5) is 0. The molecule has 0 radical (unpaired) electrons. The standard InChI is InChI=1S/C10H21NO/c1-4-7-12-9-5-6-11-8-10(9,2)3/h9,11H,4-8H2,1-3H3/t9-/m1/s1. The summed E-state index contributed by atoms with van der Waals surface area (Å²) in [6, 6.07) is 0. The second-order valence-electron chi connectivity index (χ2n) is 4.31. The van der Waals surface area contributed by atoms with Gasteiger partial charge in [-0.05, 0) is 19.4 Å². The largest absolute Gasteiger partial charge is 0.378 e. The van der Waals surface area contributed by atoms with E-state index >= 15 is 0 Å². The Morgan fingerprint density at radius 1 is 1.50 bits per heavy atom. The van der Waals surface area contributed by atoms with E-state index in [4.69, 9.17) is 4.74 Å². The van der Waals surface area contributed by atoms with Crippen LogP contribution in [0.4, 0.5) is 0 Å². The molecule has 0 spiro atoms. The molecule has 1 rings (SSSR count). The lowest BCUT2D eigenvalue weighted by molar-refractivity contribution is -0.0424. The second kappa shape index (κ2) is 4.24. The van der Waals surface area contributed by atoms with Gasteiger partial charge in [-0.15, -0.1) is 0 Å². The van der Waals surface area contributed by atoms with Crippen molar-refractivity contribution in [1.82, 2.24) is 5.32 Å². The molecule has 1 fully saturated rings. The predicted octanol–water partition coefficient (Wildman–Crippen LogP) is 1.80. The molecule has 2 nitrogen and oxygen atoms in total. The van der Waals surface area contributed by atoms with Crippen LogP contribution in [0.25, 0.3) is 0 Å². The average Bonchev–Trinajstić information content (AvgIpc) is 2.02. The van der Waals surface area contributed by atoms with Crippen LogP contribution < -0.4 is 5.32 Å². The van der Waals surface area contributed by atoms with Crippen molar-refractivity contribution >= 4 is 0 Å². The van der Waals surface area contributed by atoms with Crippen LogP contribution >= 0.6 is 0 Å². The Balaban J connectivity index is 2.37. The van der Waals surface area contributed by atoms with E-state index in [0.29, 0.717) is 11.5 Å². The Hall–Kier alpha value is -0.0800. The van der Waals surface area contributed by atoms with Crippen LogP contribution in [0.1, 0.15) is 33.6 Å². The molecule has 0 aromatic heterocycles. The molecule has 1 aliphatic rings. The fraction of sp³-hybridized carbons (Fsp3) is 1.00. The Morgan fingerprint density at radius 2 is 2.25 bits per heavy atom. The van der Waals surface area contributed by atoms with Crippen molar-refractivity contribution in [3.05, 3.63) is 0 Å². The third kappa shape index (κ3) is 2.46. The molecule has 0 unspecified atom stereocenters. The van der Waals surface area contributed by atoms with Gasteiger partial charge in [0, 0.05) is 18.6 Å². The molecule has 2 heteroatoms. The van der Waals surface area contributed by atoms with E-state index in [9.17, 15) is 0 Å². The van der Waals surface area contributed by atoms with Gasteiger partial charge in [0.05, 0.1) is 6.10 Å². The quantitative estimate of drug-likeness (QED) is 0.699. The first-order valence-corrected chi connectivity index (χ1v) is 4.99. The summed E-state index contributed by atoms with van der Waals surface area (Å²) in [7, 11) is 0. The Kier molecular flexibility index (Phi) is 3.53. The summed E-state index contributed by atoms with van der Waals surface area (Å²) in [5, 5.41) is 3.40. The number of rotatable bonds is 3. The van der Waals surface area contributed by atoms with E-state index in [-0.39, 0.29) is 0 Å². The molecule has 1 heterocycles. The molecular weight excluding hydrogens is 150 g/mol. The van der Waals surface area contributed by atoms with E-state index in [1.165, 1.54) is 0 Å². The smallest absolute Gasteiger partial charge is 0.0650 e. The van der Waals surface area contributed by atoms with Gasteiger partial charge >= 0.3 is 0 Å². The fourth-order valence-electron chi connectivity index (χ4n) is 1.72. The van der Waals surface area contributed by atoms with Gasteiger partial charge in [0.2, 0.25) is 0 Å². The Bertz CT molecular complexity index is 134. The fourth-order valence-corrected chi connectivity index (χ4v) is 1.72. The number of hydrogen-bond donors (Lipinski definition) is 1. The maximum Gasteiger partial charge on any atom is 0.0650 e. The first-order chi connectivity index (χ1) is 5.67. The van der Waals surface area contributed by atoms with Crippen LogP contribution in [-0.2, 0) is 4.74 Å². The Labute approximate surface area is 75.7 Å². The van der Waals surface area contributed by atoms with E-state index in [1.807, 2.05) is 0 Å². The van der Waals surface area contributed by atoms with Crippen molar-refractivity contribution in [3.63, 3.8) is 0 Å². The van der Waals surface area contributed by atoms with E-state index in [0.717, 1.165) is 32.5 Å². The molecule has 1 atom stereocenters. The SMILES string of the molecule is CCCO[C@@H]1CCNCC1(C)C. The van der Waals surface area contributed by atoms with Gasteiger partial charge < -0.3 is 10.1 Å². The van der Waals surface area contributed by atoms with Crippen molar-refractivity contribution in [2.24, 2.45) is 5.41 Å². The van der Waals surface area contributed by atoms with Crippen molar-refractivity contribution in [2.75, 3.05) is 19.7 Å². The van der Waals surface area contributed by atoms with Crippen molar-refractivity contribution in [3.8, 4) is 0 Å². The van der Waals surface area contributed by atoms with Crippen LogP contribution in [-0.4, -0.2) is 25.8 Å². The highest BCUT2D eigenvalue weighted by Gasteiger charge is 2.32. The number of ether oxygens (including phenoxy) is 1. The molecule has 0 amide bonds. The molecule has 12 heavy (non-hydrogen) atoms. The molecule has 1 N–H and O–H groups in total. The lowest BCUT2D eigenvalue weighted by atomic mass is 9.82. The molecule has 0 aliphatic carbocycles. The van der Waals surface area contributed by atoms with Crippen LogP contribution in [0.5, 0.6) is 0 Å². The van der Waals surface area contributed by atoms with E-state index in [1.54, 1.807) is 0 Å². The Morgan fingerprint density at radius 3 is 2.83 bits per heavy atom. The zero-order valence-corrected chi connectivity index (χ0v) is 8.52. The topological polar surface area (TPSA) is 21.3 Å². The summed E-state index contributed by atoms with van der Waals surface area (Å²) in [6.07, 6.45) is 2.74. The molecule has 72 valence electrons. The number of nitrogens with one attached hydrogen (secondary N) is 1. The maximum atomic E-state index is 5.81. The minimum atomic E-state index is 0.313. The third-order valence-electron chi connectivity index (χ3n) is 2.56. The van der Waals surface area contributed by atoms with Crippen LogP contribution in [0.2, 0.25) is 0 Å². The lowest BCUT2D eigenvalue weighted by Gasteiger charge is -2.38. The summed E-state index contributed by atoms with van der Waals surface area (Å²) >= 11 is 0. The predicted molar refractivity (Wildman–Crippen MR) is 51.3 cm³/mol. The van der Waals surface area contributed by atoms with Crippen molar-refractivity contribution in [2.45, 2.75) is 39.7 Å². The minimum absolute atomic E-state index is 0.313. The van der Waals surface area contributed by atoms with Crippen molar-refractivity contribution in [1.29, 1.82) is 0 Å². The lowest BCUT2D eigenvalue weighted by Crippen LogP contribution is -2.47. The van der Waals surface area contributed by atoms with Crippen LogP contribution in [0.3, 0.4) is 0 Å². The second-order valence-corrected chi connectivity index (χ2v) is 4.31. The highest BCUT2D eigenvalue weighted by molar-refractivity contribution is 4.86. The summed E-state index contributed by atoms with van der Waals surface area (Å²) in [5.74, 6) is 0. The van der Waals surface area contributed by atoms with Crippen molar-refractivity contribution < 1.29 is 4.74 Å². The molecule has 1 saturated heterocycles. The molecule has 0 aromatic rings. The first kappa shape index (κ1) is 10.0. The molecule has 0 saturated carbocycles. The van der Waals surface area contributed by atoms with Gasteiger partial charge in [-0.1, -0.05) is 20.8 Å². The van der Waals surface area contributed by atoms with Gasteiger partial charge in [-0.3, -0.25) is 0 Å². The molecule has 0 bridgehead atoms. The summed E-state index contributed by atoms with van der Waals surface area (Å²) in [5.41, 5.74) is 0.313. The summed E-state index contributed by atoms with van der Waals surface area (Å²) < 4.78 is 5.81. The number of hydrogen-bond acceptors (Lipinski definition) is 2. The molecule has 0 aromatic carbocycles. The maximum absolute atomic E-state index is 5.81. The highest BCUT2D eigenvalue weighted by Crippen LogP contribution is 2.27. The molecule has 1 aliphatic heterocycles. The monoisotopic (exact) mass is 171 g/mol. The van der Waals surface area contributed by atoms with Gasteiger partial charge in [0.25, 0.3) is 0 Å². The molecular formula is C10H21NO. The zero-order chi connectivity index (χ0) is 9.03. The zero-order valence-electron chi connectivity index (χ0n) is 8.52. The third-order valence-corrected chi connectivity index (χ3v) is 2.56. The van der Waals surface area contributed by atoms with Gasteiger partial charge in [-0.25, -0.2) is 0 Å². The normalized spacial score (nSPS) is 28.8. The van der Waals surface area contributed by atoms with Crippen LogP contribution in [0, 0.1) is 5.41 Å². The highest BCUT2D eigenvalue weighted by atomic mass is 16.5. The minimum Gasteiger partial charge on any atom is -0.378 e. The average molecular weight is 171 g/mol. The van der Waals surface area contributed by atoms with Gasteiger partial charge in [-0.2, -0.15) is 0 Å². The first-order valence-electron chi connectivity index (χ1n) is 4.99. The van der Waals surface area contributed by atoms with Crippen LogP contribution in [0.15, 0.2) is 0 Å². The number of piperidine rings is 1.